The van der Waals surface area contributed by atoms with Gasteiger partial charge in [0.15, 0.2) is 0 Å². The van der Waals surface area contributed by atoms with E-state index in [1.807, 2.05) is 18.2 Å². The van der Waals surface area contributed by atoms with Crippen molar-refractivity contribution < 1.29 is 4.39 Å². The van der Waals surface area contributed by atoms with Crippen LogP contribution in [0.15, 0.2) is 95.5 Å². The van der Waals surface area contributed by atoms with E-state index < -0.39 is 0 Å². The van der Waals surface area contributed by atoms with Crippen LogP contribution in [-0.2, 0) is 0 Å². The molecule has 1 aromatic heterocycles. The molecule has 0 unspecified atom stereocenters. The molecule has 5 aromatic rings. The number of hydrogen-bond donors (Lipinski definition) is 0. The lowest BCUT2D eigenvalue weighted by atomic mass is 10.0. The topological polar surface area (TPSA) is 4.93 Å². The van der Waals surface area contributed by atoms with E-state index in [9.17, 15) is 4.39 Å². The molecule has 0 aliphatic carbocycles. The fraction of sp³-hybridized carbons (Fsp3) is 0. The average molecular weight is 416 g/mol. The van der Waals surface area contributed by atoms with E-state index in [-0.39, 0.29) is 5.82 Å². The summed E-state index contributed by atoms with van der Waals surface area (Å²) in [4.78, 5) is 0. The number of benzene rings is 4. The number of rotatable bonds is 2. The van der Waals surface area contributed by atoms with E-state index in [0.29, 0.717) is 0 Å². The molecule has 0 aliphatic heterocycles. The number of halogens is 2. The third-order valence-corrected chi connectivity index (χ3v) is 5.46. The highest BCUT2D eigenvalue weighted by atomic mass is 79.9. The minimum absolute atomic E-state index is 0.225. The van der Waals surface area contributed by atoms with Crippen molar-refractivity contribution >= 4 is 37.7 Å². The molecule has 0 N–H and O–H groups in total. The maximum Gasteiger partial charge on any atom is 0.123 e. The van der Waals surface area contributed by atoms with Crippen LogP contribution in [0, 0.1) is 5.82 Å². The van der Waals surface area contributed by atoms with Crippen LogP contribution in [0.4, 0.5) is 4.39 Å². The Morgan fingerprint density at radius 1 is 0.630 bits per heavy atom. The highest BCUT2D eigenvalue weighted by molar-refractivity contribution is 9.10. The van der Waals surface area contributed by atoms with E-state index >= 15 is 0 Å². The van der Waals surface area contributed by atoms with Crippen LogP contribution in [-0.4, -0.2) is 4.57 Å². The molecule has 0 bridgehead atoms. The molecule has 4 aromatic carbocycles. The fourth-order valence-electron chi connectivity index (χ4n) is 3.66. The summed E-state index contributed by atoms with van der Waals surface area (Å²) >= 11 is 3.49. The Bertz CT molecular complexity index is 1270. The Morgan fingerprint density at radius 2 is 1.30 bits per heavy atom. The molecule has 3 heteroatoms. The molecule has 0 amide bonds. The van der Waals surface area contributed by atoms with Gasteiger partial charge in [-0.05, 0) is 65.7 Å². The van der Waals surface area contributed by atoms with Gasteiger partial charge in [-0.2, -0.15) is 0 Å². The summed E-state index contributed by atoms with van der Waals surface area (Å²) in [6, 6.07) is 29.9. The van der Waals surface area contributed by atoms with Crippen molar-refractivity contribution in [3.05, 3.63) is 101 Å². The first kappa shape index (κ1) is 16.3. The summed E-state index contributed by atoms with van der Waals surface area (Å²) in [6.45, 7) is 0. The molecule has 0 aliphatic rings. The summed E-state index contributed by atoms with van der Waals surface area (Å²) in [6.07, 6.45) is 0. The van der Waals surface area contributed by atoms with Crippen LogP contribution in [0.2, 0.25) is 0 Å². The third-order valence-electron chi connectivity index (χ3n) is 4.93. The summed E-state index contributed by atoms with van der Waals surface area (Å²) in [5, 5.41) is 2.38. The molecule has 5 rings (SSSR count). The van der Waals surface area contributed by atoms with Crippen LogP contribution in [0.5, 0.6) is 0 Å². The largest absolute Gasteiger partial charge is 0.309 e. The van der Waals surface area contributed by atoms with Gasteiger partial charge in [0.2, 0.25) is 0 Å². The molecular formula is C24H15BrFN. The zero-order valence-electron chi connectivity index (χ0n) is 14.4. The van der Waals surface area contributed by atoms with E-state index in [1.165, 1.54) is 34.0 Å². The molecule has 130 valence electrons. The lowest BCUT2D eigenvalue weighted by molar-refractivity contribution is 0.627. The van der Waals surface area contributed by atoms with Crippen molar-refractivity contribution in [1.82, 2.24) is 4.57 Å². The quantitative estimate of drug-likeness (QED) is 0.284. The smallest absolute Gasteiger partial charge is 0.123 e. The summed E-state index contributed by atoms with van der Waals surface area (Å²) < 4.78 is 16.7. The van der Waals surface area contributed by atoms with Crippen molar-refractivity contribution in [2.45, 2.75) is 0 Å². The van der Waals surface area contributed by atoms with Gasteiger partial charge in [-0.3, -0.25) is 0 Å². The monoisotopic (exact) mass is 415 g/mol. The lowest BCUT2D eigenvalue weighted by Gasteiger charge is -2.08. The van der Waals surface area contributed by atoms with Gasteiger partial charge in [-0.1, -0.05) is 52.3 Å². The molecule has 0 saturated heterocycles. The highest BCUT2D eigenvalue weighted by Crippen LogP contribution is 2.35. The fourth-order valence-corrected chi connectivity index (χ4v) is 3.93. The van der Waals surface area contributed by atoms with Gasteiger partial charge in [0.05, 0.1) is 11.0 Å². The SMILES string of the molecule is Fc1ccc(-n2c3ccccc3c3cc(-c4ccc(Br)cc4)ccc32)cc1. The van der Waals surface area contributed by atoms with Crippen molar-refractivity contribution in [1.29, 1.82) is 0 Å². The zero-order valence-corrected chi connectivity index (χ0v) is 15.9. The Balaban J connectivity index is 1.80. The van der Waals surface area contributed by atoms with Crippen molar-refractivity contribution in [2.75, 3.05) is 0 Å². The molecule has 27 heavy (non-hydrogen) atoms. The molecule has 0 spiro atoms. The van der Waals surface area contributed by atoms with Gasteiger partial charge >= 0.3 is 0 Å². The summed E-state index contributed by atoms with van der Waals surface area (Å²) in [5.74, 6) is -0.225. The molecule has 0 fully saturated rings. The van der Waals surface area contributed by atoms with Crippen molar-refractivity contribution in [2.24, 2.45) is 0 Å². The number of nitrogens with zero attached hydrogens (tertiary/aromatic N) is 1. The van der Waals surface area contributed by atoms with Crippen LogP contribution in [0.3, 0.4) is 0 Å². The minimum Gasteiger partial charge on any atom is -0.309 e. The summed E-state index contributed by atoms with van der Waals surface area (Å²) in [7, 11) is 0. The van der Waals surface area contributed by atoms with E-state index in [2.05, 4.69) is 81.2 Å². The van der Waals surface area contributed by atoms with Crippen LogP contribution in [0.25, 0.3) is 38.6 Å². The van der Waals surface area contributed by atoms with Gasteiger partial charge in [0.25, 0.3) is 0 Å². The van der Waals surface area contributed by atoms with E-state index in [1.54, 1.807) is 0 Å². The van der Waals surface area contributed by atoms with Gasteiger partial charge in [0, 0.05) is 20.9 Å². The average Bonchev–Trinajstić information content (AvgIpc) is 3.03. The second-order valence-electron chi connectivity index (χ2n) is 6.57. The minimum atomic E-state index is -0.225. The first-order valence-electron chi connectivity index (χ1n) is 8.76. The zero-order chi connectivity index (χ0) is 18.4. The number of hydrogen-bond acceptors (Lipinski definition) is 0. The standard InChI is InChI=1S/C24H15BrFN/c25-18-8-5-16(6-9-18)17-7-14-24-22(15-17)21-3-1-2-4-23(21)27(24)20-12-10-19(26)11-13-20/h1-15H. The van der Waals surface area contributed by atoms with E-state index in [4.69, 9.17) is 0 Å². The number of para-hydroxylation sites is 1. The van der Waals surface area contributed by atoms with Crippen molar-refractivity contribution in [3.8, 4) is 16.8 Å². The molecule has 1 nitrogen and oxygen atoms in total. The van der Waals surface area contributed by atoms with Gasteiger partial charge < -0.3 is 4.57 Å². The lowest BCUT2D eigenvalue weighted by Crippen LogP contribution is -1.93. The van der Waals surface area contributed by atoms with Gasteiger partial charge in [-0.25, -0.2) is 4.39 Å². The Morgan fingerprint density at radius 3 is 2.07 bits per heavy atom. The first-order valence-corrected chi connectivity index (χ1v) is 9.55. The molecule has 1 heterocycles. The van der Waals surface area contributed by atoms with Gasteiger partial charge in [-0.15, -0.1) is 0 Å². The van der Waals surface area contributed by atoms with Crippen LogP contribution in [0.1, 0.15) is 0 Å². The highest BCUT2D eigenvalue weighted by Gasteiger charge is 2.13. The second kappa shape index (κ2) is 6.36. The van der Waals surface area contributed by atoms with Crippen LogP contribution >= 0.6 is 15.9 Å². The Hall–Kier alpha value is -2.91. The van der Waals surface area contributed by atoms with E-state index in [0.717, 1.165) is 21.2 Å². The maximum absolute atomic E-state index is 13.4. The Kier molecular flexibility index (Phi) is 3.83. The Labute approximate surface area is 164 Å². The third kappa shape index (κ3) is 2.75. The number of fused-ring (bicyclic) bond motifs is 3. The number of aromatic nitrogens is 1. The molecule has 0 saturated carbocycles. The van der Waals surface area contributed by atoms with Crippen LogP contribution < -0.4 is 0 Å². The maximum atomic E-state index is 13.4. The van der Waals surface area contributed by atoms with Crippen molar-refractivity contribution in [3.63, 3.8) is 0 Å². The summed E-state index contributed by atoms with van der Waals surface area (Å²) in [5.41, 5.74) is 5.55. The molecule has 0 atom stereocenters. The molecular weight excluding hydrogens is 401 g/mol. The second-order valence-corrected chi connectivity index (χ2v) is 7.48. The molecule has 0 radical (unpaired) electrons. The van der Waals surface area contributed by atoms with Gasteiger partial charge in [0.1, 0.15) is 5.82 Å². The predicted molar refractivity (Wildman–Crippen MR) is 114 cm³/mol. The predicted octanol–water partition coefficient (Wildman–Crippen LogP) is 7.35. The first-order chi connectivity index (χ1) is 13.2. The normalized spacial score (nSPS) is 11.3.